The Morgan fingerprint density at radius 1 is 1.50 bits per heavy atom. The van der Waals surface area contributed by atoms with Crippen LogP contribution in [0.4, 0.5) is 5.82 Å². The van der Waals surface area contributed by atoms with Crippen LogP contribution in [0.25, 0.3) is 0 Å². The molecular weight excluding hydrogens is 196 g/mol. The zero-order chi connectivity index (χ0) is 10.2. The van der Waals surface area contributed by atoms with E-state index in [1.165, 1.54) is 0 Å². The summed E-state index contributed by atoms with van der Waals surface area (Å²) in [7, 11) is 0. The Bertz CT molecular complexity index is 275. The molecule has 2 N–H and O–H groups in total. The zero-order valence-corrected chi connectivity index (χ0v) is 8.97. The van der Waals surface area contributed by atoms with Crippen LogP contribution in [0.2, 0.25) is 0 Å². The van der Waals surface area contributed by atoms with Crippen molar-refractivity contribution in [3.05, 3.63) is 18.6 Å². The minimum atomic E-state index is 0.596. The van der Waals surface area contributed by atoms with E-state index in [2.05, 4.69) is 27.5 Å². The second-order valence-electron chi connectivity index (χ2n) is 2.83. The molecule has 0 bridgehead atoms. The molecule has 0 aliphatic carbocycles. The number of anilines is 1. The molecule has 0 radical (unpaired) electrons. The average Bonchev–Trinajstić information content (AvgIpc) is 2.20. The standard InChI is InChI=1S/C9H14N4S/c1-2-3-4-12-9(14)13-8-7-10-5-6-11-8/h5-7H,2-4H2,1H3,(H2,11,12,13,14). The highest BCUT2D eigenvalue weighted by molar-refractivity contribution is 7.80. The molecule has 4 nitrogen and oxygen atoms in total. The highest BCUT2D eigenvalue weighted by Gasteiger charge is 1.96. The third kappa shape index (κ3) is 4.13. The normalized spacial score (nSPS) is 9.50. The van der Waals surface area contributed by atoms with Gasteiger partial charge in [0.2, 0.25) is 0 Å². The van der Waals surface area contributed by atoms with Gasteiger partial charge in [-0.25, -0.2) is 4.98 Å². The van der Waals surface area contributed by atoms with Gasteiger partial charge in [-0.05, 0) is 18.6 Å². The fraction of sp³-hybridized carbons (Fsp3) is 0.444. The molecule has 1 aromatic rings. The SMILES string of the molecule is CCCCNC(=S)Nc1cnccn1. The van der Waals surface area contributed by atoms with Gasteiger partial charge in [0.1, 0.15) is 0 Å². The molecule has 0 saturated carbocycles. The molecule has 0 spiro atoms. The van der Waals surface area contributed by atoms with Crippen LogP contribution in [-0.2, 0) is 0 Å². The van der Waals surface area contributed by atoms with Crippen LogP contribution in [0.3, 0.4) is 0 Å². The van der Waals surface area contributed by atoms with E-state index in [1.54, 1.807) is 18.6 Å². The maximum atomic E-state index is 5.06. The Labute approximate surface area is 89.2 Å². The molecule has 76 valence electrons. The predicted octanol–water partition coefficient (Wildman–Crippen LogP) is 1.56. The molecule has 0 atom stereocenters. The molecule has 0 fully saturated rings. The molecule has 0 unspecified atom stereocenters. The van der Waals surface area contributed by atoms with Gasteiger partial charge < -0.3 is 10.6 Å². The monoisotopic (exact) mass is 210 g/mol. The van der Waals surface area contributed by atoms with E-state index in [1.807, 2.05) is 0 Å². The first-order chi connectivity index (χ1) is 6.83. The molecule has 1 heterocycles. The maximum absolute atomic E-state index is 5.06. The minimum absolute atomic E-state index is 0.596. The highest BCUT2D eigenvalue weighted by Crippen LogP contribution is 1.96. The van der Waals surface area contributed by atoms with Crippen molar-refractivity contribution in [2.24, 2.45) is 0 Å². The van der Waals surface area contributed by atoms with Crippen molar-refractivity contribution < 1.29 is 0 Å². The molecule has 1 aromatic heterocycles. The Hall–Kier alpha value is -1.23. The Balaban J connectivity index is 2.27. The second-order valence-corrected chi connectivity index (χ2v) is 3.23. The first-order valence-corrected chi connectivity index (χ1v) is 5.04. The fourth-order valence-corrected chi connectivity index (χ4v) is 1.11. The lowest BCUT2D eigenvalue weighted by molar-refractivity contribution is 0.758. The summed E-state index contributed by atoms with van der Waals surface area (Å²) in [5, 5.41) is 6.63. The van der Waals surface area contributed by atoms with Gasteiger partial charge >= 0.3 is 0 Å². The largest absolute Gasteiger partial charge is 0.362 e. The lowest BCUT2D eigenvalue weighted by Gasteiger charge is -2.08. The Morgan fingerprint density at radius 3 is 3.00 bits per heavy atom. The van der Waals surface area contributed by atoms with E-state index in [0.717, 1.165) is 19.4 Å². The number of nitrogens with zero attached hydrogens (tertiary/aromatic N) is 2. The van der Waals surface area contributed by atoms with Crippen LogP contribution in [0.15, 0.2) is 18.6 Å². The van der Waals surface area contributed by atoms with Crippen LogP contribution < -0.4 is 10.6 Å². The van der Waals surface area contributed by atoms with Gasteiger partial charge in [-0.1, -0.05) is 13.3 Å². The molecule has 5 heteroatoms. The lowest BCUT2D eigenvalue weighted by atomic mass is 10.3. The van der Waals surface area contributed by atoms with Gasteiger partial charge in [-0.3, -0.25) is 4.98 Å². The number of hydrogen-bond donors (Lipinski definition) is 2. The summed E-state index contributed by atoms with van der Waals surface area (Å²) in [6.45, 7) is 3.03. The van der Waals surface area contributed by atoms with Gasteiger partial charge in [0.05, 0.1) is 6.20 Å². The van der Waals surface area contributed by atoms with Crippen LogP contribution in [-0.4, -0.2) is 21.6 Å². The summed E-state index contributed by atoms with van der Waals surface area (Å²) in [5.41, 5.74) is 0. The topological polar surface area (TPSA) is 49.8 Å². The summed E-state index contributed by atoms with van der Waals surface area (Å²) >= 11 is 5.06. The highest BCUT2D eigenvalue weighted by atomic mass is 32.1. The molecule has 14 heavy (non-hydrogen) atoms. The summed E-state index contributed by atoms with van der Waals surface area (Å²) < 4.78 is 0. The van der Waals surface area contributed by atoms with Crippen molar-refractivity contribution in [2.75, 3.05) is 11.9 Å². The first-order valence-electron chi connectivity index (χ1n) is 4.63. The number of thiocarbonyl (C=S) groups is 1. The molecule has 1 rings (SSSR count). The maximum Gasteiger partial charge on any atom is 0.171 e. The Morgan fingerprint density at radius 2 is 2.36 bits per heavy atom. The van der Waals surface area contributed by atoms with Crippen molar-refractivity contribution in [3.8, 4) is 0 Å². The van der Waals surface area contributed by atoms with E-state index < -0.39 is 0 Å². The van der Waals surface area contributed by atoms with Crippen molar-refractivity contribution in [2.45, 2.75) is 19.8 Å². The number of rotatable bonds is 4. The van der Waals surface area contributed by atoms with Gasteiger partial charge in [0.15, 0.2) is 10.9 Å². The molecular formula is C9H14N4S. The fourth-order valence-electron chi connectivity index (χ4n) is 0.903. The van der Waals surface area contributed by atoms with E-state index >= 15 is 0 Å². The number of nitrogens with one attached hydrogen (secondary N) is 2. The summed E-state index contributed by atoms with van der Waals surface area (Å²) in [6, 6.07) is 0. The third-order valence-corrected chi connectivity index (χ3v) is 1.87. The van der Waals surface area contributed by atoms with Crippen molar-refractivity contribution in [3.63, 3.8) is 0 Å². The molecule has 0 aliphatic rings. The minimum Gasteiger partial charge on any atom is -0.362 e. The predicted molar refractivity (Wildman–Crippen MR) is 61.2 cm³/mol. The third-order valence-electron chi connectivity index (χ3n) is 1.62. The quantitative estimate of drug-likeness (QED) is 0.583. The summed E-state index contributed by atoms with van der Waals surface area (Å²) in [4.78, 5) is 7.97. The van der Waals surface area contributed by atoms with E-state index in [4.69, 9.17) is 12.2 Å². The van der Waals surface area contributed by atoms with Crippen molar-refractivity contribution in [1.82, 2.24) is 15.3 Å². The van der Waals surface area contributed by atoms with E-state index in [0.29, 0.717) is 10.9 Å². The van der Waals surface area contributed by atoms with E-state index in [9.17, 15) is 0 Å². The number of hydrogen-bond acceptors (Lipinski definition) is 3. The molecule has 0 saturated heterocycles. The van der Waals surface area contributed by atoms with Gasteiger partial charge in [-0.15, -0.1) is 0 Å². The van der Waals surface area contributed by atoms with Crippen LogP contribution >= 0.6 is 12.2 Å². The average molecular weight is 210 g/mol. The lowest BCUT2D eigenvalue weighted by Crippen LogP contribution is -2.29. The Kier molecular flexibility index (Phi) is 4.85. The smallest absolute Gasteiger partial charge is 0.171 e. The van der Waals surface area contributed by atoms with Crippen LogP contribution in [0.1, 0.15) is 19.8 Å². The van der Waals surface area contributed by atoms with Crippen LogP contribution in [0.5, 0.6) is 0 Å². The van der Waals surface area contributed by atoms with Crippen LogP contribution in [0, 0.1) is 0 Å². The number of aromatic nitrogens is 2. The van der Waals surface area contributed by atoms with Gasteiger partial charge in [0.25, 0.3) is 0 Å². The summed E-state index contributed by atoms with van der Waals surface area (Å²) in [6.07, 6.45) is 7.15. The first kappa shape index (κ1) is 10.8. The van der Waals surface area contributed by atoms with Gasteiger partial charge in [-0.2, -0.15) is 0 Å². The summed E-state index contributed by atoms with van der Waals surface area (Å²) in [5.74, 6) is 0.668. The molecule has 0 amide bonds. The van der Waals surface area contributed by atoms with Gasteiger partial charge in [0, 0.05) is 18.9 Å². The zero-order valence-electron chi connectivity index (χ0n) is 8.16. The van der Waals surface area contributed by atoms with E-state index in [-0.39, 0.29) is 0 Å². The van der Waals surface area contributed by atoms with Crippen molar-refractivity contribution in [1.29, 1.82) is 0 Å². The van der Waals surface area contributed by atoms with Crippen molar-refractivity contribution >= 4 is 23.1 Å². The number of unbranched alkanes of at least 4 members (excludes halogenated alkanes) is 1. The molecule has 0 aliphatic heterocycles. The molecule has 0 aromatic carbocycles. The second kappa shape index (κ2) is 6.26.